The highest BCUT2D eigenvalue weighted by atomic mass is 32.1. The average Bonchev–Trinajstić information content (AvgIpc) is 3.10. The standard InChI is InChI=1S/C20H24N4OS/c1-14-5-4-6-18(15(14)2)24-10-8-23(9-11-24)16(3)19(25)22-20-17(13-21)7-12-26-20/h4-7,12,16H,8-11H2,1-3H3,(H,22,25)/t16-/m0/s1. The van der Waals surface area contributed by atoms with Gasteiger partial charge in [0.05, 0.1) is 11.6 Å². The van der Waals surface area contributed by atoms with E-state index in [4.69, 9.17) is 5.26 Å². The van der Waals surface area contributed by atoms with Crippen LogP contribution in [0.3, 0.4) is 0 Å². The first-order valence-electron chi connectivity index (χ1n) is 8.85. The molecule has 3 rings (SSSR count). The highest BCUT2D eigenvalue weighted by Gasteiger charge is 2.26. The lowest BCUT2D eigenvalue weighted by molar-refractivity contribution is -0.120. The fraction of sp³-hybridized carbons (Fsp3) is 0.400. The summed E-state index contributed by atoms with van der Waals surface area (Å²) >= 11 is 1.39. The first kappa shape index (κ1) is 18.4. The largest absolute Gasteiger partial charge is 0.369 e. The predicted molar refractivity (Wildman–Crippen MR) is 107 cm³/mol. The van der Waals surface area contributed by atoms with Gasteiger partial charge in [-0.1, -0.05) is 12.1 Å². The Morgan fingerprint density at radius 3 is 2.65 bits per heavy atom. The highest BCUT2D eigenvalue weighted by molar-refractivity contribution is 7.14. The maximum absolute atomic E-state index is 12.6. The molecule has 0 saturated carbocycles. The van der Waals surface area contributed by atoms with Gasteiger partial charge in [0.2, 0.25) is 5.91 Å². The molecule has 5 nitrogen and oxygen atoms in total. The van der Waals surface area contributed by atoms with Gasteiger partial charge in [-0.25, -0.2) is 0 Å². The fourth-order valence-electron chi connectivity index (χ4n) is 3.30. The van der Waals surface area contributed by atoms with Crippen LogP contribution in [0.2, 0.25) is 0 Å². The Balaban J connectivity index is 1.60. The number of rotatable bonds is 4. The van der Waals surface area contributed by atoms with Crippen LogP contribution in [0.5, 0.6) is 0 Å². The van der Waals surface area contributed by atoms with Gasteiger partial charge in [0.15, 0.2) is 0 Å². The molecule has 26 heavy (non-hydrogen) atoms. The third-order valence-electron chi connectivity index (χ3n) is 5.18. The fourth-order valence-corrected chi connectivity index (χ4v) is 4.04. The molecule has 1 amide bonds. The maximum atomic E-state index is 12.6. The van der Waals surface area contributed by atoms with Crippen molar-refractivity contribution in [3.05, 3.63) is 46.3 Å². The zero-order valence-electron chi connectivity index (χ0n) is 15.5. The van der Waals surface area contributed by atoms with E-state index in [0.29, 0.717) is 10.6 Å². The van der Waals surface area contributed by atoms with Gasteiger partial charge in [-0.2, -0.15) is 5.26 Å². The van der Waals surface area contributed by atoms with E-state index in [1.165, 1.54) is 28.2 Å². The van der Waals surface area contributed by atoms with Crippen molar-refractivity contribution in [1.82, 2.24) is 4.90 Å². The van der Waals surface area contributed by atoms with E-state index in [-0.39, 0.29) is 11.9 Å². The first-order chi connectivity index (χ1) is 12.5. The summed E-state index contributed by atoms with van der Waals surface area (Å²) in [5, 5.41) is 14.4. The second-order valence-corrected chi connectivity index (χ2v) is 7.60. The van der Waals surface area contributed by atoms with Gasteiger partial charge < -0.3 is 10.2 Å². The number of nitriles is 1. The quantitative estimate of drug-likeness (QED) is 0.899. The van der Waals surface area contributed by atoms with Gasteiger partial charge >= 0.3 is 0 Å². The van der Waals surface area contributed by atoms with E-state index in [1.54, 1.807) is 6.07 Å². The number of amides is 1. The number of aryl methyl sites for hydroxylation is 1. The molecule has 0 aliphatic carbocycles. The molecule has 1 aliphatic heterocycles. The molecule has 1 fully saturated rings. The minimum Gasteiger partial charge on any atom is -0.369 e. The van der Waals surface area contributed by atoms with Crippen LogP contribution >= 0.6 is 11.3 Å². The Kier molecular flexibility index (Phi) is 5.60. The molecule has 1 aliphatic rings. The molecular formula is C20H24N4OS. The van der Waals surface area contributed by atoms with Gasteiger partial charge in [0.1, 0.15) is 11.1 Å². The Bertz CT molecular complexity index is 831. The third-order valence-corrected chi connectivity index (χ3v) is 6.01. The lowest BCUT2D eigenvalue weighted by atomic mass is 10.1. The van der Waals surface area contributed by atoms with Gasteiger partial charge in [-0.05, 0) is 49.4 Å². The molecule has 0 spiro atoms. The molecule has 1 saturated heterocycles. The summed E-state index contributed by atoms with van der Waals surface area (Å²) in [6, 6.07) is 10.0. The minimum atomic E-state index is -0.218. The van der Waals surface area contributed by atoms with Crippen LogP contribution in [0.1, 0.15) is 23.6 Å². The minimum absolute atomic E-state index is 0.0517. The molecule has 1 aromatic carbocycles. The van der Waals surface area contributed by atoms with Crippen molar-refractivity contribution in [3.8, 4) is 6.07 Å². The SMILES string of the molecule is Cc1cccc(N2CCN([C@@H](C)C(=O)Nc3sccc3C#N)CC2)c1C. The second-order valence-electron chi connectivity index (χ2n) is 6.68. The zero-order valence-corrected chi connectivity index (χ0v) is 16.3. The summed E-state index contributed by atoms with van der Waals surface area (Å²) in [6.45, 7) is 9.74. The monoisotopic (exact) mass is 368 g/mol. The zero-order chi connectivity index (χ0) is 18.7. The third kappa shape index (κ3) is 3.74. The van der Waals surface area contributed by atoms with Crippen molar-refractivity contribution < 1.29 is 4.79 Å². The molecular weight excluding hydrogens is 344 g/mol. The van der Waals surface area contributed by atoms with E-state index in [2.05, 4.69) is 53.2 Å². The van der Waals surface area contributed by atoms with Crippen LogP contribution in [0.15, 0.2) is 29.6 Å². The van der Waals surface area contributed by atoms with E-state index in [1.807, 2.05) is 12.3 Å². The molecule has 136 valence electrons. The Hall–Kier alpha value is -2.36. The molecule has 1 atom stereocenters. The van der Waals surface area contributed by atoms with Crippen LogP contribution in [0.25, 0.3) is 0 Å². The predicted octanol–water partition coefficient (Wildman–Crippen LogP) is 3.39. The Labute approximate surface area is 158 Å². The lowest BCUT2D eigenvalue weighted by Crippen LogP contribution is -2.53. The van der Waals surface area contributed by atoms with Crippen molar-refractivity contribution in [1.29, 1.82) is 5.26 Å². The van der Waals surface area contributed by atoms with Gasteiger partial charge in [-0.15, -0.1) is 11.3 Å². The number of carbonyl (C=O) groups excluding carboxylic acids is 1. The highest BCUT2D eigenvalue weighted by Crippen LogP contribution is 2.25. The number of carbonyl (C=O) groups is 1. The smallest absolute Gasteiger partial charge is 0.242 e. The number of thiophene rings is 1. The van der Waals surface area contributed by atoms with E-state index >= 15 is 0 Å². The summed E-state index contributed by atoms with van der Waals surface area (Å²) in [4.78, 5) is 17.2. The Morgan fingerprint density at radius 1 is 1.23 bits per heavy atom. The second kappa shape index (κ2) is 7.90. The lowest BCUT2D eigenvalue weighted by Gasteiger charge is -2.39. The topological polar surface area (TPSA) is 59.4 Å². The number of nitrogens with zero attached hydrogens (tertiary/aromatic N) is 3. The summed E-state index contributed by atoms with van der Waals surface area (Å²) < 4.78 is 0. The number of anilines is 2. The van der Waals surface area contributed by atoms with Crippen LogP contribution in [0.4, 0.5) is 10.7 Å². The number of hydrogen-bond acceptors (Lipinski definition) is 5. The summed E-state index contributed by atoms with van der Waals surface area (Å²) in [5.41, 5.74) is 4.45. The van der Waals surface area contributed by atoms with Crippen LogP contribution in [-0.2, 0) is 4.79 Å². The molecule has 6 heteroatoms. The number of hydrogen-bond donors (Lipinski definition) is 1. The van der Waals surface area contributed by atoms with Gasteiger partial charge in [-0.3, -0.25) is 9.69 Å². The van der Waals surface area contributed by atoms with E-state index < -0.39 is 0 Å². The average molecular weight is 369 g/mol. The number of benzene rings is 1. The van der Waals surface area contributed by atoms with Crippen LogP contribution in [-0.4, -0.2) is 43.0 Å². The number of nitrogens with one attached hydrogen (secondary N) is 1. The molecule has 1 N–H and O–H groups in total. The molecule has 2 heterocycles. The van der Waals surface area contributed by atoms with E-state index in [9.17, 15) is 4.79 Å². The van der Waals surface area contributed by atoms with Gasteiger partial charge in [0.25, 0.3) is 0 Å². The first-order valence-corrected chi connectivity index (χ1v) is 9.73. The Morgan fingerprint density at radius 2 is 1.96 bits per heavy atom. The summed E-state index contributed by atoms with van der Waals surface area (Å²) in [6.07, 6.45) is 0. The molecule has 1 aromatic heterocycles. The number of piperazine rings is 1. The maximum Gasteiger partial charge on any atom is 0.242 e. The normalized spacial score (nSPS) is 16.2. The summed E-state index contributed by atoms with van der Waals surface area (Å²) in [5.74, 6) is -0.0517. The van der Waals surface area contributed by atoms with Crippen molar-refractivity contribution in [2.24, 2.45) is 0 Å². The van der Waals surface area contributed by atoms with Crippen LogP contribution < -0.4 is 10.2 Å². The summed E-state index contributed by atoms with van der Waals surface area (Å²) in [7, 11) is 0. The van der Waals surface area contributed by atoms with Crippen molar-refractivity contribution >= 4 is 27.9 Å². The molecule has 2 aromatic rings. The van der Waals surface area contributed by atoms with Crippen molar-refractivity contribution in [2.75, 3.05) is 36.4 Å². The van der Waals surface area contributed by atoms with E-state index in [0.717, 1.165) is 26.2 Å². The molecule has 0 bridgehead atoms. The van der Waals surface area contributed by atoms with Crippen molar-refractivity contribution in [2.45, 2.75) is 26.8 Å². The van der Waals surface area contributed by atoms with Gasteiger partial charge in [0, 0.05) is 31.9 Å². The van der Waals surface area contributed by atoms with Crippen LogP contribution in [0, 0.1) is 25.2 Å². The molecule has 0 radical (unpaired) electrons. The van der Waals surface area contributed by atoms with Crippen molar-refractivity contribution in [3.63, 3.8) is 0 Å². The molecule has 0 unspecified atom stereocenters.